The van der Waals surface area contributed by atoms with Crippen molar-refractivity contribution < 1.29 is 59.7 Å². The van der Waals surface area contributed by atoms with Crippen LogP contribution in [0.3, 0.4) is 0 Å². The molecule has 0 fully saturated rings. The highest BCUT2D eigenvalue weighted by molar-refractivity contribution is 6.13. The van der Waals surface area contributed by atoms with Crippen molar-refractivity contribution in [1.29, 1.82) is 0 Å². The Labute approximate surface area is 241 Å². The first-order chi connectivity index (χ1) is 20.6. The number of esters is 1. The van der Waals surface area contributed by atoms with Crippen molar-refractivity contribution >= 4 is 40.6 Å². The van der Waals surface area contributed by atoms with Crippen LogP contribution in [0, 0.1) is 0 Å². The van der Waals surface area contributed by atoms with Crippen molar-refractivity contribution in [3.63, 3.8) is 0 Å². The standard InChI is InChI=1S/C27H17F7N4O6/c1-37(24(41)42)23-35-18-10-9-13(11-19(18)36-23)25(44-22(40)26(30,31)32)17-8-3-2-7-16(17)20(39)38(25)14-5-4-6-15(12-14)43-27(33,34)21(28)29/h2-12,21H,1H3,(H,35,36)(H,41,42). The lowest BCUT2D eigenvalue weighted by molar-refractivity contribution is -0.253. The predicted octanol–water partition coefficient (Wildman–Crippen LogP) is 5.88. The summed E-state index contributed by atoms with van der Waals surface area (Å²) in [7, 11) is 1.16. The molecule has 0 saturated heterocycles. The Morgan fingerprint density at radius 3 is 2.39 bits per heavy atom. The van der Waals surface area contributed by atoms with Crippen LogP contribution >= 0.6 is 0 Å². The molecule has 5 rings (SSSR count). The largest absolute Gasteiger partial charge is 0.491 e. The Kier molecular flexibility index (Phi) is 7.14. The van der Waals surface area contributed by atoms with Gasteiger partial charge >= 0.3 is 30.8 Å². The number of amides is 2. The van der Waals surface area contributed by atoms with E-state index in [1.807, 2.05) is 0 Å². The van der Waals surface area contributed by atoms with E-state index in [2.05, 4.69) is 14.7 Å². The summed E-state index contributed by atoms with van der Waals surface area (Å²) < 4.78 is 103. The first-order valence-electron chi connectivity index (χ1n) is 12.2. The van der Waals surface area contributed by atoms with E-state index in [0.717, 1.165) is 37.4 Å². The fourth-order valence-electron chi connectivity index (χ4n) is 4.63. The summed E-state index contributed by atoms with van der Waals surface area (Å²) in [5, 5.41) is 9.29. The molecule has 0 bridgehead atoms. The van der Waals surface area contributed by atoms with Gasteiger partial charge in [-0.1, -0.05) is 30.3 Å². The number of alkyl halides is 7. The van der Waals surface area contributed by atoms with E-state index < -0.39 is 53.8 Å². The number of carboxylic acid groups (broad SMARTS) is 1. The SMILES string of the molecule is CN(C(=O)O)c1nc2ccc(C3(OC(=O)C(F)(F)F)c4ccccc4C(=O)N3c3cccc(OC(F)(F)C(F)F)c3)cc2[nH]1. The fourth-order valence-corrected chi connectivity index (χ4v) is 4.63. The van der Waals surface area contributed by atoms with Gasteiger partial charge in [0.1, 0.15) is 5.75 Å². The van der Waals surface area contributed by atoms with Gasteiger partial charge in [-0.25, -0.2) is 14.6 Å². The molecule has 4 aromatic rings. The normalized spacial score (nSPS) is 16.8. The molecule has 2 amide bonds. The minimum absolute atomic E-state index is 0.0403. The highest BCUT2D eigenvalue weighted by Crippen LogP contribution is 2.49. The lowest BCUT2D eigenvalue weighted by Crippen LogP contribution is -2.50. The Balaban J connectivity index is 1.77. The molecule has 0 spiro atoms. The van der Waals surface area contributed by atoms with Crippen molar-refractivity contribution in [2.75, 3.05) is 16.8 Å². The zero-order chi connectivity index (χ0) is 32.2. The molecule has 1 unspecified atom stereocenters. The molecule has 1 aliphatic rings. The van der Waals surface area contributed by atoms with E-state index in [-0.39, 0.29) is 33.7 Å². The van der Waals surface area contributed by atoms with Crippen LogP contribution in [0.1, 0.15) is 21.5 Å². The third kappa shape index (κ3) is 4.99. The number of imidazole rings is 1. The summed E-state index contributed by atoms with van der Waals surface area (Å²) in [6, 6.07) is 12.3. The van der Waals surface area contributed by atoms with Gasteiger partial charge in [0.05, 0.1) is 16.7 Å². The van der Waals surface area contributed by atoms with E-state index in [1.165, 1.54) is 30.3 Å². The molecule has 0 radical (unpaired) electrons. The zero-order valence-electron chi connectivity index (χ0n) is 21.9. The number of benzene rings is 3. The maximum atomic E-state index is 13.8. The fraction of sp³-hybridized carbons (Fsp3) is 0.185. The smallest absolute Gasteiger partial charge is 0.465 e. The Morgan fingerprint density at radius 1 is 1.02 bits per heavy atom. The molecule has 3 aromatic carbocycles. The molecule has 0 aliphatic carbocycles. The lowest BCUT2D eigenvalue weighted by Gasteiger charge is -2.39. The summed E-state index contributed by atoms with van der Waals surface area (Å²) in [5.74, 6) is -4.86. The van der Waals surface area contributed by atoms with Crippen molar-refractivity contribution in [1.82, 2.24) is 9.97 Å². The molecular weight excluding hydrogens is 609 g/mol. The van der Waals surface area contributed by atoms with Gasteiger partial charge in [0.15, 0.2) is 0 Å². The molecule has 0 saturated carbocycles. The number of hydrogen-bond donors (Lipinski definition) is 2. The number of halogens is 7. The molecule has 1 aliphatic heterocycles. The quantitative estimate of drug-likeness (QED) is 0.194. The number of carbonyl (C=O) groups is 3. The summed E-state index contributed by atoms with van der Waals surface area (Å²) in [6.45, 7) is 0. The molecule has 1 atom stereocenters. The number of H-pyrrole nitrogens is 1. The third-order valence-corrected chi connectivity index (χ3v) is 6.56. The number of aromatic amines is 1. The van der Waals surface area contributed by atoms with Crippen LogP contribution in [0.15, 0.2) is 66.7 Å². The second-order valence-electron chi connectivity index (χ2n) is 9.31. The topological polar surface area (TPSA) is 125 Å². The molecule has 2 heterocycles. The van der Waals surface area contributed by atoms with Crippen molar-refractivity contribution in [2.24, 2.45) is 0 Å². The van der Waals surface area contributed by atoms with Crippen molar-refractivity contribution in [2.45, 2.75) is 24.4 Å². The molecule has 2 N–H and O–H groups in total. The monoisotopic (exact) mass is 626 g/mol. The van der Waals surface area contributed by atoms with Gasteiger partial charge in [0, 0.05) is 29.8 Å². The average molecular weight is 626 g/mol. The first-order valence-corrected chi connectivity index (χ1v) is 12.2. The van der Waals surface area contributed by atoms with Gasteiger partial charge < -0.3 is 19.6 Å². The van der Waals surface area contributed by atoms with Gasteiger partial charge in [0.25, 0.3) is 5.91 Å². The third-order valence-electron chi connectivity index (χ3n) is 6.56. The Morgan fingerprint density at radius 2 is 1.73 bits per heavy atom. The van der Waals surface area contributed by atoms with E-state index in [0.29, 0.717) is 15.9 Å². The van der Waals surface area contributed by atoms with Crippen LogP contribution in [0.25, 0.3) is 11.0 Å². The first kappa shape index (κ1) is 30.1. The van der Waals surface area contributed by atoms with Gasteiger partial charge in [-0.2, -0.15) is 30.7 Å². The molecule has 44 heavy (non-hydrogen) atoms. The maximum absolute atomic E-state index is 13.8. The van der Waals surface area contributed by atoms with Gasteiger partial charge in [-0.15, -0.1) is 0 Å². The van der Waals surface area contributed by atoms with E-state index in [4.69, 9.17) is 4.74 Å². The summed E-state index contributed by atoms with van der Waals surface area (Å²) in [4.78, 5) is 45.7. The highest BCUT2D eigenvalue weighted by atomic mass is 19.4. The Bertz CT molecular complexity index is 1790. The van der Waals surface area contributed by atoms with Gasteiger partial charge in [0.2, 0.25) is 11.7 Å². The van der Waals surface area contributed by atoms with Gasteiger partial charge in [-0.3, -0.25) is 14.6 Å². The number of fused-ring (bicyclic) bond motifs is 2. The molecule has 10 nitrogen and oxygen atoms in total. The molecule has 1 aromatic heterocycles. The number of carbonyl (C=O) groups excluding carboxylic acids is 2. The van der Waals surface area contributed by atoms with Crippen LogP contribution in [-0.4, -0.2) is 58.8 Å². The van der Waals surface area contributed by atoms with Crippen LogP contribution in [-0.2, 0) is 15.3 Å². The highest BCUT2D eigenvalue weighted by Gasteiger charge is 2.58. The zero-order valence-corrected chi connectivity index (χ0v) is 21.9. The number of hydrogen-bond acceptors (Lipinski definition) is 6. The van der Waals surface area contributed by atoms with E-state index >= 15 is 0 Å². The second kappa shape index (κ2) is 10.4. The minimum atomic E-state index is -5.58. The van der Waals surface area contributed by atoms with Crippen molar-refractivity contribution in [3.8, 4) is 5.75 Å². The van der Waals surface area contributed by atoms with Crippen LogP contribution < -0.4 is 14.5 Å². The van der Waals surface area contributed by atoms with Crippen LogP contribution in [0.2, 0.25) is 0 Å². The molecule has 17 heteroatoms. The van der Waals surface area contributed by atoms with Gasteiger partial charge in [-0.05, 0) is 30.3 Å². The number of nitrogens with one attached hydrogen (secondary N) is 1. The minimum Gasteiger partial charge on any atom is -0.465 e. The van der Waals surface area contributed by atoms with Crippen molar-refractivity contribution in [3.05, 3.63) is 83.4 Å². The summed E-state index contributed by atoms with van der Waals surface area (Å²) in [5.41, 5.74) is -3.88. The summed E-state index contributed by atoms with van der Waals surface area (Å²) in [6.07, 6.45) is -16.2. The average Bonchev–Trinajstić information content (AvgIpc) is 3.49. The number of nitrogens with zero attached hydrogens (tertiary/aromatic N) is 3. The predicted molar refractivity (Wildman–Crippen MR) is 137 cm³/mol. The van der Waals surface area contributed by atoms with Crippen LogP contribution in [0.5, 0.6) is 5.75 Å². The van der Waals surface area contributed by atoms with Crippen LogP contribution in [0.4, 0.5) is 47.2 Å². The molecule has 230 valence electrons. The number of anilines is 2. The molecular formula is C27H17F7N4O6. The number of rotatable bonds is 7. The number of ether oxygens (including phenoxy) is 2. The Hall–Kier alpha value is -5.35. The lowest BCUT2D eigenvalue weighted by atomic mass is 9.92. The second-order valence-corrected chi connectivity index (χ2v) is 9.31. The van der Waals surface area contributed by atoms with E-state index in [1.54, 1.807) is 0 Å². The summed E-state index contributed by atoms with van der Waals surface area (Å²) >= 11 is 0. The maximum Gasteiger partial charge on any atom is 0.491 e. The number of aromatic nitrogens is 2. The van der Waals surface area contributed by atoms with E-state index in [9.17, 15) is 50.2 Å².